The van der Waals surface area contributed by atoms with Crippen molar-refractivity contribution in [2.75, 3.05) is 20.1 Å². The van der Waals surface area contributed by atoms with Crippen molar-refractivity contribution >= 4 is 0 Å². The van der Waals surface area contributed by atoms with E-state index in [1.54, 1.807) is 0 Å². The van der Waals surface area contributed by atoms with Crippen LogP contribution in [0.1, 0.15) is 32.1 Å². The first kappa shape index (κ1) is 11.0. The van der Waals surface area contributed by atoms with Gasteiger partial charge >= 0.3 is 0 Å². The minimum Gasteiger partial charge on any atom is -0.392 e. The Kier molecular flexibility index (Phi) is 4.70. The first-order chi connectivity index (χ1) is 6.24. The normalized spacial score (nSPS) is 21.2. The van der Waals surface area contributed by atoms with E-state index in [-0.39, 0.29) is 6.10 Å². The summed E-state index contributed by atoms with van der Waals surface area (Å²) in [4.78, 5) is 2.37. The SMILES string of the molecule is CN(CCC(O)CN)C1CCCC1. The van der Waals surface area contributed by atoms with Crippen molar-refractivity contribution in [2.24, 2.45) is 5.73 Å². The molecule has 1 aliphatic carbocycles. The molecule has 0 bridgehead atoms. The number of aliphatic hydroxyl groups is 1. The number of nitrogens with zero attached hydrogens (tertiary/aromatic N) is 1. The number of nitrogens with two attached hydrogens (primary N) is 1. The molecule has 0 aromatic carbocycles. The Bertz CT molecular complexity index is 135. The Balaban J connectivity index is 2.12. The van der Waals surface area contributed by atoms with Gasteiger partial charge < -0.3 is 15.7 Å². The van der Waals surface area contributed by atoms with E-state index in [2.05, 4.69) is 11.9 Å². The average Bonchev–Trinajstić information content (AvgIpc) is 2.66. The lowest BCUT2D eigenvalue weighted by Gasteiger charge is -2.24. The Labute approximate surface area is 80.9 Å². The molecule has 0 spiro atoms. The zero-order valence-corrected chi connectivity index (χ0v) is 8.58. The van der Waals surface area contributed by atoms with Crippen LogP contribution in [0.5, 0.6) is 0 Å². The summed E-state index contributed by atoms with van der Waals surface area (Å²) in [7, 11) is 2.15. The van der Waals surface area contributed by atoms with Gasteiger partial charge in [0.1, 0.15) is 0 Å². The molecule has 1 aliphatic rings. The molecule has 0 saturated heterocycles. The van der Waals surface area contributed by atoms with E-state index in [9.17, 15) is 5.11 Å². The van der Waals surface area contributed by atoms with Crippen molar-refractivity contribution < 1.29 is 5.11 Å². The smallest absolute Gasteiger partial charge is 0.0674 e. The first-order valence-corrected chi connectivity index (χ1v) is 5.32. The second-order valence-electron chi connectivity index (χ2n) is 4.10. The van der Waals surface area contributed by atoms with Crippen LogP contribution in [0.3, 0.4) is 0 Å². The lowest BCUT2D eigenvalue weighted by molar-refractivity contribution is 0.142. The third-order valence-electron chi connectivity index (χ3n) is 3.04. The first-order valence-electron chi connectivity index (χ1n) is 5.32. The van der Waals surface area contributed by atoms with Crippen LogP contribution in [0.4, 0.5) is 0 Å². The molecule has 78 valence electrons. The number of rotatable bonds is 5. The number of hydrogen-bond donors (Lipinski definition) is 2. The van der Waals surface area contributed by atoms with Gasteiger partial charge in [0, 0.05) is 19.1 Å². The predicted molar refractivity (Wildman–Crippen MR) is 54.6 cm³/mol. The highest BCUT2D eigenvalue weighted by Crippen LogP contribution is 2.22. The third kappa shape index (κ3) is 3.63. The van der Waals surface area contributed by atoms with Gasteiger partial charge in [-0.2, -0.15) is 0 Å². The summed E-state index contributed by atoms with van der Waals surface area (Å²) in [5, 5.41) is 9.30. The maximum absolute atomic E-state index is 9.30. The highest BCUT2D eigenvalue weighted by atomic mass is 16.3. The van der Waals surface area contributed by atoms with Gasteiger partial charge in [0.05, 0.1) is 6.10 Å². The van der Waals surface area contributed by atoms with Gasteiger partial charge in [0.2, 0.25) is 0 Å². The summed E-state index contributed by atoms with van der Waals surface area (Å²) in [6.07, 6.45) is 5.89. The molecule has 1 saturated carbocycles. The molecule has 1 atom stereocenters. The summed E-state index contributed by atoms with van der Waals surface area (Å²) in [5.41, 5.74) is 5.34. The predicted octanol–water partition coefficient (Wildman–Crippen LogP) is 0.570. The van der Waals surface area contributed by atoms with Crippen LogP contribution in [0, 0.1) is 0 Å². The van der Waals surface area contributed by atoms with E-state index in [1.807, 2.05) is 0 Å². The van der Waals surface area contributed by atoms with Crippen LogP contribution in [0.25, 0.3) is 0 Å². The van der Waals surface area contributed by atoms with E-state index in [0.29, 0.717) is 6.54 Å². The van der Waals surface area contributed by atoms with Crippen LogP contribution in [-0.4, -0.2) is 42.3 Å². The molecule has 3 N–H and O–H groups in total. The summed E-state index contributed by atoms with van der Waals surface area (Å²) in [6, 6.07) is 0.755. The second kappa shape index (κ2) is 5.58. The summed E-state index contributed by atoms with van der Waals surface area (Å²) < 4.78 is 0. The maximum atomic E-state index is 9.30. The zero-order chi connectivity index (χ0) is 9.68. The van der Waals surface area contributed by atoms with Crippen molar-refractivity contribution in [3.8, 4) is 0 Å². The Morgan fingerprint density at radius 2 is 2.08 bits per heavy atom. The van der Waals surface area contributed by atoms with Gasteiger partial charge in [-0.05, 0) is 26.3 Å². The molecule has 0 radical (unpaired) electrons. The molecular formula is C10H22N2O. The Morgan fingerprint density at radius 1 is 1.46 bits per heavy atom. The third-order valence-corrected chi connectivity index (χ3v) is 3.04. The molecule has 1 rings (SSSR count). The Morgan fingerprint density at radius 3 is 2.62 bits per heavy atom. The molecule has 0 aliphatic heterocycles. The number of hydrogen-bond acceptors (Lipinski definition) is 3. The van der Waals surface area contributed by atoms with Gasteiger partial charge in [-0.15, -0.1) is 0 Å². The Hall–Kier alpha value is -0.120. The molecule has 0 aromatic heterocycles. The fourth-order valence-corrected chi connectivity index (χ4v) is 2.00. The quantitative estimate of drug-likeness (QED) is 0.660. The molecule has 1 unspecified atom stereocenters. The van der Waals surface area contributed by atoms with E-state index >= 15 is 0 Å². The van der Waals surface area contributed by atoms with Crippen LogP contribution in [-0.2, 0) is 0 Å². The average molecular weight is 186 g/mol. The molecule has 1 fully saturated rings. The van der Waals surface area contributed by atoms with Crippen LogP contribution >= 0.6 is 0 Å². The summed E-state index contributed by atoms with van der Waals surface area (Å²) >= 11 is 0. The zero-order valence-electron chi connectivity index (χ0n) is 8.58. The van der Waals surface area contributed by atoms with E-state index < -0.39 is 0 Å². The largest absolute Gasteiger partial charge is 0.392 e. The highest BCUT2D eigenvalue weighted by molar-refractivity contribution is 4.75. The molecule has 0 heterocycles. The van der Waals surface area contributed by atoms with Crippen molar-refractivity contribution in [3.63, 3.8) is 0 Å². The van der Waals surface area contributed by atoms with Crippen molar-refractivity contribution in [3.05, 3.63) is 0 Å². The molecule has 3 heteroatoms. The van der Waals surface area contributed by atoms with Gasteiger partial charge in [0.25, 0.3) is 0 Å². The fraction of sp³-hybridized carbons (Fsp3) is 1.00. The lowest BCUT2D eigenvalue weighted by Crippen LogP contribution is -2.33. The standard InChI is InChI=1S/C10H22N2O/c1-12(7-6-10(13)8-11)9-4-2-3-5-9/h9-10,13H,2-8,11H2,1H3. The van der Waals surface area contributed by atoms with Gasteiger partial charge in [0.15, 0.2) is 0 Å². The summed E-state index contributed by atoms with van der Waals surface area (Å²) in [5.74, 6) is 0. The molecular weight excluding hydrogens is 164 g/mol. The minimum absolute atomic E-state index is 0.316. The minimum atomic E-state index is -0.316. The van der Waals surface area contributed by atoms with Crippen LogP contribution < -0.4 is 5.73 Å². The molecule has 3 nitrogen and oxygen atoms in total. The molecule has 13 heavy (non-hydrogen) atoms. The van der Waals surface area contributed by atoms with Gasteiger partial charge in [-0.25, -0.2) is 0 Å². The topological polar surface area (TPSA) is 49.5 Å². The molecule has 0 amide bonds. The van der Waals surface area contributed by atoms with E-state index in [1.165, 1.54) is 25.7 Å². The van der Waals surface area contributed by atoms with Crippen LogP contribution in [0.15, 0.2) is 0 Å². The highest BCUT2D eigenvalue weighted by Gasteiger charge is 2.19. The summed E-state index contributed by atoms with van der Waals surface area (Å²) in [6.45, 7) is 1.36. The second-order valence-corrected chi connectivity index (χ2v) is 4.10. The van der Waals surface area contributed by atoms with Crippen LogP contribution in [0.2, 0.25) is 0 Å². The van der Waals surface area contributed by atoms with E-state index in [4.69, 9.17) is 5.73 Å². The monoisotopic (exact) mass is 186 g/mol. The fourth-order valence-electron chi connectivity index (χ4n) is 2.00. The van der Waals surface area contributed by atoms with Crippen molar-refractivity contribution in [1.82, 2.24) is 4.90 Å². The van der Waals surface area contributed by atoms with Gasteiger partial charge in [-0.1, -0.05) is 12.8 Å². The van der Waals surface area contributed by atoms with Crippen molar-refractivity contribution in [2.45, 2.75) is 44.2 Å². The maximum Gasteiger partial charge on any atom is 0.0674 e. The number of aliphatic hydroxyl groups excluding tert-OH is 1. The van der Waals surface area contributed by atoms with Crippen molar-refractivity contribution in [1.29, 1.82) is 0 Å². The van der Waals surface area contributed by atoms with E-state index in [0.717, 1.165) is 19.0 Å². The van der Waals surface area contributed by atoms with Gasteiger partial charge in [-0.3, -0.25) is 0 Å². The lowest BCUT2D eigenvalue weighted by atomic mass is 10.2. The molecule has 0 aromatic rings.